The topological polar surface area (TPSA) is 48.0 Å². The van der Waals surface area contributed by atoms with Crippen LogP contribution in [0, 0.1) is 5.92 Å². The van der Waals surface area contributed by atoms with Gasteiger partial charge in [0.05, 0.1) is 11.2 Å². The predicted molar refractivity (Wildman–Crippen MR) is 95.8 cm³/mol. The van der Waals surface area contributed by atoms with Crippen LogP contribution in [0.5, 0.6) is 0 Å². The van der Waals surface area contributed by atoms with Crippen LogP contribution < -0.4 is 0 Å². The van der Waals surface area contributed by atoms with Gasteiger partial charge in [-0.25, -0.2) is 9.18 Å². The van der Waals surface area contributed by atoms with Gasteiger partial charge in [-0.1, -0.05) is 0 Å². The van der Waals surface area contributed by atoms with Gasteiger partial charge in [0.2, 0.25) is 0 Å². The minimum atomic E-state index is -0.986. The van der Waals surface area contributed by atoms with E-state index in [-0.39, 0.29) is 17.7 Å². The summed E-state index contributed by atoms with van der Waals surface area (Å²) in [5.74, 6) is -0.0495. The first kappa shape index (κ1) is 20.2. The lowest BCUT2D eigenvalue weighted by Gasteiger charge is -2.32. The van der Waals surface area contributed by atoms with E-state index in [1.165, 1.54) is 0 Å². The molecule has 1 atom stereocenters. The Morgan fingerprint density at radius 2 is 1.72 bits per heavy atom. The lowest BCUT2D eigenvalue weighted by Crippen LogP contribution is -2.41. The first-order valence-corrected chi connectivity index (χ1v) is 8.93. The Hall–Kier alpha value is -1.08. The van der Waals surface area contributed by atoms with Crippen LogP contribution in [0.25, 0.3) is 0 Å². The fraction of sp³-hybridized carbons (Fsp3) is 0.833. The molecule has 25 heavy (non-hydrogen) atoms. The molecule has 0 spiro atoms. The maximum absolute atomic E-state index is 14.9. The van der Waals surface area contributed by atoms with E-state index in [0.29, 0.717) is 25.1 Å². The molecule has 2 heterocycles. The maximum atomic E-state index is 14.9. The lowest BCUT2D eigenvalue weighted by molar-refractivity contribution is 0.00578. The molecule has 0 saturated carbocycles. The number of hydrogen-bond donors (Lipinski definition) is 0. The van der Waals surface area contributed by atoms with Crippen molar-refractivity contribution in [2.45, 2.75) is 78.6 Å². The average Bonchev–Trinajstić information content (AvgIpc) is 2.99. The number of halogens is 1. The summed E-state index contributed by atoms with van der Waals surface area (Å²) in [5, 5.41) is 0. The molecule has 0 bridgehead atoms. The second-order valence-electron chi connectivity index (χ2n) is 9.03. The Labute approximate surface area is 151 Å². The molecule has 0 aromatic heterocycles. The summed E-state index contributed by atoms with van der Waals surface area (Å²) in [7, 11) is -0.986. The highest BCUT2D eigenvalue weighted by Gasteiger charge is 2.53. The highest BCUT2D eigenvalue weighted by Crippen LogP contribution is 2.40. The number of hydrogen-bond acceptors (Lipinski definition) is 4. The number of rotatable bonds is 2. The van der Waals surface area contributed by atoms with Crippen molar-refractivity contribution in [3.8, 4) is 0 Å². The monoisotopic (exact) mass is 355 g/mol. The fourth-order valence-electron chi connectivity index (χ4n) is 2.93. The van der Waals surface area contributed by atoms with E-state index in [0.717, 1.165) is 0 Å². The van der Waals surface area contributed by atoms with E-state index >= 15 is 0 Å². The molecule has 5 nitrogen and oxygen atoms in total. The third-order valence-corrected chi connectivity index (χ3v) is 5.29. The standard InChI is InChI=1S/C18H31BFNO4/c1-12(14(20)19-24-17(5,6)18(7,8)25-19)13-9-10-21(11-13)15(22)23-16(2,3)4/h13H,9-11H2,1-8H3. The van der Waals surface area contributed by atoms with Crippen LogP contribution in [0.3, 0.4) is 0 Å². The van der Waals surface area contributed by atoms with Crippen LogP contribution >= 0.6 is 0 Å². The van der Waals surface area contributed by atoms with Crippen molar-refractivity contribution in [2.24, 2.45) is 5.92 Å². The normalized spacial score (nSPS) is 26.7. The van der Waals surface area contributed by atoms with Gasteiger partial charge in [0.25, 0.3) is 0 Å². The Morgan fingerprint density at radius 1 is 1.20 bits per heavy atom. The van der Waals surface area contributed by atoms with Gasteiger partial charge >= 0.3 is 13.2 Å². The maximum Gasteiger partial charge on any atom is 0.525 e. The summed E-state index contributed by atoms with van der Waals surface area (Å²) >= 11 is 0. The zero-order valence-corrected chi connectivity index (χ0v) is 16.7. The van der Waals surface area contributed by atoms with Crippen molar-refractivity contribution in [3.63, 3.8) is 0 Å². The minimum absolute atomic E-state index is 0.0495. The van der Waals surface area contributed by atoms with Crippen molar-refractivity contribution in [1.82, 2.24) is 4.90 Å². The predicted octanol–water partition coefficient (Wildman–Crippen LogP) is 4.12. The Balaban J connectivity index is 2.05. The van der Waals surface area contributed by atoms with Crippen molar-refractivity contribution in [3.05, 3.63) is 11.3 Å². The molecular formula is C18H31BFNO4. The van der Waals surface area contributed by atoms with Gasteiger partial charge < -0.3 is 18.9 Å². The zero-order valence-electron chi connectivity index (χ0n) is 16.7. The first-order valence-electron chi connectivity index (χ1n) is 8.93. The Bertz CT molecular complexity index is 552. The van der Waals surface area contributed by atoms with Crippen LogP contribution in [0.4, 0.5) is 9.18 Å². The van der Waals surface area contributed by atoms with Crippen LogP contribution in [-0.2, 0) is 14.0 Å². The highest BCUT2D eigenvalue weighted by atomic mass is 19.1. The molecule has 2 fully saturated rings. The van der Waals surface area contributed by atoms with Crippen molar-refractivity contribution in [1.29, 1.82) is 0 Å². The molecule has 0 radical (unpaired) electrons. The first-order chi connectivity index (χ1) is 11.2. The number of likely N-dealkylation sites (tertiary alicyclic amines) is 1. The van der Waals surface area contributed by atoms with Gasteiger partial charge in [-0.15, -0.1) is 0 Å². The molecule has 0 N–H and O–H groups in total. The summed E-state index contributed by atoms with van der Waals surface area (Å²) in [5.41, 5.74) is -1.48. The van der Waals surface area contributed by atoms with Crippen LogP contribution in [0.2, 0.25) is 0 Å². The number of amides is 1. The summed E-state index contributed by atoms with van der Waals surface area (Å²) < 4.78 is 31.9. The van der Waals surface area contributed by atoms with Crippen LogP contribution in [0.1, 0.15) is 61.8 Å². The van der Waals surface area contributed by atoms with Crippen molar-refractivity contribution < 1.29 is 23.2 Å². The number of ether oxygens (including phenoxy) is 1. The fourth-order valence-corrected chi connectivity index (χ4v) is 2.93. The minimum Gasteiger partial charge on any atom is -0.444 e. The second-order valence-corrected chi connectivity index (χ2v) is 9.03. The van der Waals surface area contributed by atoms with Crippen LogP contribution in [-0.4, -0.2) is 48.0 Å². The van der Waals surface area contributed by atoms with Gasteiger partial charge in [-0.05, 0) is 67.4 Å². The van der Waals surface area contributed by atoms with E-state index in [1.807, 2.05) is 48.5 Å². The molecule has 1 amide bonds. The molecule has 2 aliphatic rings. The largest absolute Gasteiger partial charge is 0.525 e. The smallest absolute Gasteiger partial charge is 0.444 e. The third kappa shape index (κ3) is 4.37. The molecule has 1 unspecified atom stereocenters. The lowest BCUT2D eigenvalue weighted by atomic mass is 9.81. The highest BCUT2D eigenvalue weighted by molar-refractivity contribution is 6.53. The quantitative estimate of drug-likeness (QED) is 0.699. The summed E-state index contributed by atoms with van der Waals surface area (Å²) in [6.45, 7) is 15.9. The van der Waals surface area contributed by atoms with Gasteiger partial charge in [0.1, 0.15) is 11.3 Å². The van der Waals surface area contributed by atoms with Gasteiger partial charge in [-0.2, -0.15) is 0 Å². The van der Waals surface area contributed by atoms with Crippen LogP contribution in [0.15, 0.2) is 11.3 Å². The molecule has 7 heteroatoms. The molecule has 2 rings (SSSR count). The molecule has 2 saturated heterocycles. The molecule has 0 aromatic carbocycles. The van der Waals surface area contributed by atoms with E-state index in [1.54, 1.807) is 11.8 Å². The van der Waals surface area contributed by atoms with Crippen molar-refractivity contribution >= 4 is 13.2 Å². The van der Waals surface area contributed by atoms with E-state index in [4.69, 9.17) is 14.0 Å². The SMILES string of the molecule is CC(=C(F)B1OC(C)(C)C(C)(C)O1)C1CCN(C(=O)OC(C)(C)C)C1. The number of carbonyl (C=O) groups excluding carboxylic acids is 1. The second kappa shape index (κ2) is 6.58. The number of nitrogens with zero attached hydrogens (tertiary/aromatic N) is 1. The summed E-state index contributed by atoms with van der Waals surface area (Å²) in [4.78, 5) is 13.8. The van der Waals surface area contributed by atoms with Gasteiger partial charge in [-0.3, -0.25) is 0 Å². The molecular weight excluding hydrogens is 324 g/mol. The van der Waals surface area contributed by atoms with E-state index in [9.17, 15) is 9.18 Å². The number of carbonyl (C=O) groups is 1. The average molecular weight is 355 g/mol. The van der Waals surface area contributed by atoms with E-state index in [2.05, 4.69) is 0 Å². The summed E-state index contributed by atoms with van der Waals surface area (Å²) in [6, 6.07) is 0. The molecule has 142 valence electrons. The molecule has 0 aromatic rings. The van der Waals surface area contributed by atoms with Gasteiger partial charge in [0, 0.05) is 19.0 Å². The zero-order chi connectivity index (χ0) is 19.2. The van der Waals surface area contributed by atoms with Gasteiger partial charge in [0.15, 0.2) is 0 Å². The third-order valence-electron chi connectivity index (χ3n) is 5.29. The molecule has 0 aliphatic carbocycles. The summed E-state index contributed by atoms with van der Waals surface area (Å²) in [6.07, 6.45) is 0.358. The Kier molecular flexibility index (Phi) is 5.33. The van der Waals surface area contributed by atoms with Crippen molar-refractivity contribution in [2.75, 3.05) is 13.1 Å². The van der Waals surface area contributed by atoms with E-state index < -0.39 is 23.9 Å². The Morgan fingerprint density at radius 3 is 2.20 bits per heavy atom. The molecule has 2 aliphatic heterocycles.